The lowest BCUT2D eigenvalue weighted by Gasteiger charge is -2.07. The van der Waals surface area contributed by atoms with Crippen molar-refractivity contribution in [2.75, 3.05) is 0 Å². The third kappa shape index (κ3) is 2.24. The van der Waals surface area contributed by atoms with Crippen LogP contribution < -0.4 is 0 Å². The zero-order valence-electron chi connectivity index (χ0n) is 11.0. The van der Waals surface area contributed by atoms with Crippen LogP contribution in [0.25, 0.3) is 11.0 Å². The van der Waals surface area contributed by atoms with E-state index in [0.717, 1.165) is 3.97 Å². The third-order valence-corrected chi connectivity index (χ3v) is 5.08. The maximum atomic E-state index is 12.6. The van der Waals surface area contributed by atoms with Gasteiger partial charge in [-0.15, -0.1) is 0 Å². The van der Waals surface area contributed by atoms with Gasteiger partial charge in [-0.1, -0.05) is 29.8 Å². The van der Waals surface area contributed by atoms with Crippen molar-refractivity contribution < 1.29 is 18.3 Å². The van der Waals surface area contributed by atoms with Crippen LogP contribution in [-0.2, 0) is 10.0 Å². The Hall–Kier alpha value is -2.38. The molecule has 22 heavy (non-hydrogen) atoms. The van der Waals surface area contributed by atoms with Crippen molar-refractivity contribution in [1.82, 2.24) is 8.96 Å². The van der Waals surface area contributed by atoms with E-state index >= 15 is 0 Å². The van der Waals surface area contributed by atoms with Crippen molar-refractivity contribution in [2.24, 2.45) is 0 Å². The average Bonchev–Trinajstić information content (AvgIpc) is 2.90. The Kier molecular flexibility index (Phi) is 3.38. The number of carbonyl (C=O) groups is 1. The van der Waals surface area contributed by atoms with E-state index in [-0.39, 0.29) is 21.3 Å². The highest BCUT2D eigenvalue weighted by atomic mass is 35.5. The second-order valence-electron chi connectivity index (χ2n) is 4.47. The molecule has 2 heterocycles. The zero-order chi connectivity index (χ0) is 15.9. The fraction of sp³-hybridized carbons (Fsp3) is 0. The number of nitrogens with zero attached hydrogens (tertiary/aromatic N) is 2. The normalized spacial score (nSPS) is 11.7. The predicted octanol–water partition coefficient (Wildman–Crippen LogP) is 2.62. The molecule has 6 nitrogen and oxygen atoms in total. The van der Waals surface area contributed by atoms with E-state index < -0.39 is 16.0 Å². The summed E-state index contributed by atoms with van der Waals surface area (Å²) in [5, 5.41) is 9.14. The van der Waals surface area contributed by atoms with Gasteiger partial charge in [0.1, 0.15) is 5.15 Å². The summed E-state index contributed by atoms with van der Waals surface area (Å²) in [4.78, 5) is 15.1. The minimum Gasteiger partial charge on any atom is -0.478 e. The van der Waals surface area contributed by atoms with Crippen LogP contribution in [0, 0.1) is 0 Å². The molecule has 112 valence electrons. The second-order valence-corrected chi connectivity index (χ2v) is 6.65. The summed E-state index contributed by atoms with van der Waals surface area (Å²) >= 11 is 5.82. The first kappa shape index (κ1) is 14.6. The van der Waals surface area contributed by atoms with Crippen molar-refractivity contribution in [2.45, 2.75) is 4.90 Å². The molecule has 3 aromatic rings. The molecule has 0 aliphatic heterocycles. The molecule has 0 amide bonds. The molecule has 0 bridgehead atoms. The molecule has 2 aromatic heterocycles. The van der Waals surface area contributed by atoms with Crippen LogP contribution in [0.4, 0.5) is 0 Å². The van der Waals surface area contributed by atoms with Crippen LogP contribution >= 0.6 is 11.6 Å². The minimum absolute atomic E-state index is 0.0823. The van der Waals surface area contributed by atoms with E-state index in [1.165, 1.54) is 30.5 Å². The van der Waals surface area contributed by atoms with E-state index in [1.54, 1.807) is 18.2 Å². The highest BCUT2D eigenvalue weighted by Crippen LogP contribution is 2.25. The lowest BCUT2D eigenvalue weighted by molar-refractivity contribution is 0.0697. The van der Waals surface area contributed by atoms with Crippen LogP contribution in [0.3, 0.4) is 0 Å². The topological polar surface area (TPSA) is 89.3 Å². The summed E-state index contributed by atoms with van der Waals surface area (Å²) in [6, 6.07) is 10.6. The molecule has 3 rings (SSSR count). The van der Waals surface area contributed by atoms with Crippen LogP contribution in [0.1, 0.15) is 10.4 Å². The Morgan fingerprint density at radius 1 is 1.18 bits per heavy atom. The van der Waals surface area contributed by atoms with E-state index in [1.807, 2.05) is 0 Å². The molecule has 0 spiro atoms. The lowest BCUT2D eigenvalue weighted by atomic mass is 10.2. The first-order valence-electron chi connectivity index (χ1n) is 6.13. The highest BCUT2D eigenvalue weighted by molar-refractivity contribution is 7.90. The van der Waals surface area contributed by atoms with Crippen LogP contribution in [0.5, 0.6) is 0 Å². The van der Waals surface area contributed by atoms with E-state index in [0.29, 0.717) is 5.39 Å². The fourth-order valence-corrected chi connectivity index (χ4v) is 3.60. The Morgan fingerprint density at radius 3 is 2.50 bits per heavy atom. The van der Waals surface area contributed by atoms with Crippen molar-refractivity contribution in [3.63, 3.8) is 0 Å². The standard InChI is InChI=1S/C14H9ClN2O4S/c15-12-11(14(18)19)8-9-6-7-17(13(9)16-12)22(20,21)10-4-2-1-3-5-10/h1-8H,(H,18,19). The summed E-state index contributed by atoms with van der Waals surface area (Å²) in [5.74, 6) is -1.22. The molecule has 0 unspecified atom stereocenters. The van der Waals surface area contributed by atoms with Crippen molar-refractivity contribution in [3.8, 4) is 0 Å². The SMILES string of the molecule is O=C(O)c1cc2ccn(S(=O)(=O)c3ccccc3)c2nc1Cl. The van der Waals surface area contributed by atoms with Gasteiger partial charge in [0.05, 0.1) is 10.5 Å². The van der Waals surface area contributed by atoms with Crippen molar-refractivity contribution in [1.29, 1.82) is 0 Å². The molecule has 0 aliphatic rings. The monoisotopic (exact) mass is 336 g/mol. The van der Waals surface area contributed by atoms with Gasteiger partial charge in [-0.3, -0.25) is 0 Å². The molecular formula is C14H9ClN2O4S. The summed E-state index contributed by atoms with van der Waals surface area (Å²) in [5.41, 5.74) is -0.0946. The average molecular weight is 337 g/mol. The number of aromatic nitrogens is 2. The lowest BCUT2D eigenvalue weighted by Crippen LogP contribution is -2.12. The van der Waals surface area contributed by atoms with Gasteiger partial charge >= 0.3 is 5.97 Å². The number of halogens is 1. The van der Waals surface area contributed by atoms with Gasteiger partial charge in [-0.2, -0.15) is 0 Å². The van der Waals surface area contributed by atoms with Gasteiger partial charge in [0, 0.05) is 11.6 Å². The molecule has 0 radical (unpaired) electrons. The molecule has 1 N–H and O–H groups in total. The first-order chi connectivity index (χ1) is 10.4. The molecule has 0 saturated carbocycles. The van der Waals surface area contributed by atoms with Crippen LogP contribution in [0.15, 0.2) is 53.6 Å². The van der Waals surface area contributed by atoms with E-state index in [4.69, 9.17) is 16.7 Å². The third-order valence-electron chi connectivity index (χ3n) is 3.11. The number of rotatable bonds is 3. The number of benzene rings is 1. The maximum absolute atomic E-state index is 12.6. The summed E-state index contributed by atoms with van der Waals surface area (Å²) in [7, 11) is -3.82. The quantitative estimate of drug-likeness (QED) is 0.743. The Bertz CT molecular complexity index is 981. The smallest absolute Gasteiger partial charge is 0.338 e. The van der Waals surface area contributed by atoms with E-state index in [2.05, 4.69) is 4.98 Å². The number of aromatic carboxylic acids is 1. The van der Waals surface area contributed by atoms with Crippen molar-refractivity contribution in [3.05, 3.63) is 59.4 Å². The Morgan fingerprint density at radius 2 is 1.86 bits per heavy atom. The molecular weight excluding hydrogens is 328 g/mol. The number of carboxylic acids is 1. The molecule has 0 fully saturated rings. The molecule has 1 aromatic carbocycles. The predicted molar refractivity (Wildman–Crippen MR) is 80.7 cm³/mol. The maximum Gasteiger partial charge on any atom is 0.338 e. The summed E-state index contributed by atoms with van der Waals surface area (Å²) in [6.45, 7) is 0. The summed E-state index contributed by atoms with van der Waals surface area (Å²) < 4.78 is 26.2. The largest absolute Gasteiger partial charge is 0.478 e. The van der Waals surface area contributed by atoms with Crippen molar-refractivity contribution >= 4 is 38.6 Å². The molecule has 8 heteroatoms. The van der Waals surface area contributed by atoms with Crippen LogP contribution in [-0.4, -0.2) is 28.5 Å². The zero-order valence-corrected chi connectivity index (χ0v) is 12.5. The van der Waals surface area contributed by atoms with Gasteiger partial charge in [0.15, 0.2) is 5.65 Å². The summed E-state index contributed by atoms with van der Waals surface area (Å²) in [6.07, 6.45) is 1.32. The fourth-order valence-electron chi connectivity index (χ4n) is 2.07. The van der Waals surface area contributed by atoms with Gasteiger partial charge < -0.3 is 5.11 Å². The number of carboxylic acid groups (broad SMARTS) is 1. The van der Waals surface area contributed by atoms with Gasteiger partial charge in [0.25, 0.3) is 10.0 Å². The van der Waals surface area contributed by atoms with Gasteiger partial charge in [0.2, 0.25) is 0 Å². The number of hydrogen-bond acceptors (Lipinski definition) is 4. The van der Waals surface area contributed by atoms with Crippen LogP contribution in [0.2, 0.25) is 5.15 Å². The molecule has 0 atom stereocenters. The number of pyridine rings is 1. The minimum atomic E-state index is -3.82. The van der Waals surface area contributed by atoms with Gasteiger partial charge in [-0.05, 0) is 24.3 Å². The Balaban J connectivity index is 2.25. The first-order valence-corrected chi connectivity index (χ1v) is 7.94. The Labute approximate surface area is 130 Å². The molecule has 0 saturated heterocycles. The molecule has 0 aliphatic carbocycles. The van der Waals surface area contributed by atoms with E-state index in [9.17, 15) is 13.2 Å². The number of fused-ring (bicyclic) bond motifs is 1. The second kappa shape index (κ2) is 5.11. The highest BCUT2D eigenvalue weighted by Gasteiger charge is 2.21. The number of hydrogen-bond donors (Lipinski definition) is 1. The van der Waals surface area contributed by atoms with Gasteiger partial charge in [-0.25, -0.2) is 22.2 Å².